The van der Waals surface area contributed by atoms with Crippen molar-refractivity contribution in [2.24, 2.45) is 14.1 Å². The van der Waals surface area contributed by atoms with E-state index in [1.165, 1.54) is 21.3 Å². The van der Waals surface area contributed by atoms with Gasteiger partial charge in [0.15, 0.2) is 0 Å². The molecular formula is C21H23N5O3S. The van der Waals surface area contributed by atoms with Gasteiger partial charge in [0.2, 0.25) is 10.0 Å². The molecule has 0 amide bonds. The van der Waals surface area contributed by atoms with Crippen LogP contribution in [0.15, 0.2) is 58.2 Å². The molecule has 1 N–H and O–H groups in total. The highest BCUT2D eigenvalue weighted by molar-refractivity contribution is 7.89. The minimum absolute atomic E-state index is 0.113. The molecule has 0 aliphatic heterocycles. The van der Waals surface area contributed by atoms with Gasteiger partial charge in [-0.2, -0.15) is 5.10 Å². The summed E-state index contributed by atoms with van der Waals surface area (Å²) in [5.41, 5.74) is 4.43. The van der Waals surface area contributed by atoms with Crippen molar-refractivity contribution in [3.8, 4) is 5.69 Å². The van der Waals surface area contributed by atoms with Crippen molar-refractivity contribution in [3.05, 3.63) is 76.0 Å². The maximum atomic E-state index is 12.9. The van der Waals surface area contributed by atoms with Gasteiger partial charge in [-0.25, -0.2) is 22.6 Å². The van der Waals surface area contributed by atoms with Gasteiger partial charge >= 0.3 is 5.69 Å². The number of fused-ring (bicyclic) bond motifs is 1. The molecule has 0 saturated heterocycles. The standard InChI is InChI=1S/C21H23N5O3S/c1-14-18(15(2)26(23-14)16-8-6-5-7-9-16)13-22-30(28,29)17-10-11-19-20(12-17)25(4)21(27)24(19)3/h5-12,22H,13H2,1-4H3. The minimum atomic E-state index is -3.77. The van der Waals surface area contributed by atoms with Crippen molar-refractivity contribution >= 4 is 21.1 Å². The topological polar surface area (TPSA) is 90.9 Å². The van der Waals surface area contributed by atoms with Crippen molar-refractivity contribution in [2.75, 3.05) is 0 Å². The average Bonchev–Trinajstić information content (AvgIpc) is 3.15. The number of hydrogen-bond donors (Lipinski definition) is 1. The van der Waals surface area contributed by atoms with E-state index in [4.69, 9.17) is 0 Å². The normalized spacial score (nSPS) is 12.0. The molecule has 0 radical (unpaired) electrons. The van der Waals surface area contributed by atoms with E-state index in [1.54, 1.807) is 20.2 Å². The first kappa shape index (κ1) is 20.1. The predicted molar refractivity (Wildman–Crippen MR) is 115 cm³/mol. The van der Waals surface area contributed by atoms with Crippen LogP contribution < -0.4 is 10.4 Å². The van der Waals surface area contributed by atoms with Crippen LogP contribution in [0, 0.1) is 13.8 Å². The van der Waals surface area contributed by atoms with E-state index < -0.39 is 10.0 Å². The van der Waals surface area contributed by atoms with E-state index in [1.807, 2.05) is 48.9 Å². The number of aryl methyl sites for hydroxylation is 3. The third-order valence-electron chi connectivity index (χ3n) is 5.43. The van der Waals surface area contributed by atoms with E-state index >= 15 is 0 Å². The van der Waals surface area contributed by atoms with Gasteiger partial charge in [0, 0.05) is 31.9 Å². The maximum Gasteiger partial charge on any atom is 0.328 e. The zero-order valence-corrected chi connectivity index (χ0v) is 18.1. The van der Waals surface area contributed by atoms with Crippen LogP contribution in [0.2, 0.25) is 0 Å². The summed E-state index contributed by atoms with van der Waals surface area (Å²) < 4.78 is 33.2. The monoisotopic (exact) mass is 425 g/mol. The third kappa shape index (κ3) is 3.25. The lowest BCUT2D eigenvalue weighted by Crippen LogP contribution is -2.24. The fourth-order valence-corrected chi connectivity index (χ4v) is 4.67. The van der Waals surface area contributed by atoms with Crippen LogP contribution in [0.4, 0.5) is 0 Å². The Labute approximate surface area is 174 Å². The molecule has 2 aromatic carbocycles. The summed E-state index contributed by atoms with van der Waals surface area (Å²) in [5, 5.41) is 4.56. The number of nitrogens with zero attached hydrogens (tertiary/aromatic N) is 4. The van der Waals surface area contributed by atoms with Crippen molar-refractivity contribution in [1.29, 1.82) is 0 Å². The Balaban J connectivity index is 1.64. The lowest BCUT2D eigenvalue weighted by atomic mass is 10.2. The fourth-order valence-electron chi connectivity index (χ4n) is 3.66. The zero-order valence-electron chi connectivity index (χ0n) is 17.2. The highest BCUT2D eigenvalue weighted by atomic mass is 32.2. The molecule has 4 rings (SSSR count). The molecule has 0 saturated carbocycles. The molecule has 0 aliphatic rings. The van der Waals surface area contributed by atoms with Crippen molar-refractivity contribution in [1.82, 2.24) is 23.6 Å². The second kappa shape index (κ2) is 7.26. The van der Waals surface area contributed by atoms with Gasteiger partial charge in [-0.15, -0.1) is 0 Å². The number of aromatic nitrogens is 4. The summed E-state index contributed by atoms with van der Waals surface area (Å²) >= 11 is 0. The van der Waals surface area contributed by atoms with Gasteiger partial charge < -0.3 is 0 Å². The van der Waals surface area contributed by atoms with Crippen LogP contribution in [0.25, 0.3) is 16.7 Å². The molecule has 0 spiro atoms. The zero-order chi connectivity index (χ0) is 21.6. The molecule has 0 fully saturated rings. The largest absolute Gasteiger partial charge is 0.328 e. The summed E-state index contributed by atoms with van der Waals surface area (Å²) in [4.78, 5) is 12.2. The lowest BCUT2D eigenvalue weighted by Gasteiger charge is -2.09. The lowest BCUT2D eigenvalue weighted by molar-refractivity contribution is 0.581. The summed E-state index contributed by atoms with van der Waals surface area (Å²) in [6.07, 6.45) is 0. The van der Waals surface area contributed by atoms with Gasteiger partial charge in [-0.05, 0) is 44.2 Å². The number of nitrogens with one attached hydrogen (secondary N) is 1. The second-order valence-corrected chi connectivity index (χ2v) is 9.04. The van der Waals surface area contributed by atoms with Crippen molar-refractivity contribution in [3.63, 3.8) is 0 Å². The van der Waals surface area contributed by atoms with Crippen LogP contribution in [-0.4, -0.2) is 27.3 Å². The number of benzene rings is 2. The van der Waals surface area contributed by atoms with Gasteiger partial charge in [0.05, 0.1) is 27.3 Å². The molecule has 4 aromatic rings. The molecule has 30 heavy (non-hydrogen) atoms. The highest BCUT2D eigenvalue weighted by Crippen LogP contribution is 2.20. The van der Waals surface area contributed by atoms with E-state index in [-0.39, 0.29) is 17.1 Å². The third-order valence-corrected chi connectivity index (χ3v) is 6.83. The quantitative estimate of drug-likeness (QED) is 0.531. The number of para-hydroxylation sites is 1. The Bertz CT molecular complexity index is 1410. The van der Waals surface area contributed by atoms with Crippen LogP contribution in [0.5, 0.6) is 0 Å². The second-order valence-electron chi connectivity index (χ2n) is 7.27. The van der Waals surface area contributed by atoms with Crippen LogP contribution in [0.1, 0.15) is 17.0 Å². The highest BCUT2D eigenvalue weighted by Gasteiger charge is 2.19. The summed E-state index contributed by atoms with van der Waals surface area (Å²) in [6.45, 7) is 3.91. The molecule has 0 bridgehead atoms. The molecular weight excluding hydrogens is 402 g/mol. The molecule has 0 unspecified atom stereocenters. The Morgan fingerprint density at radius 3 is 2.33 bits per heavy atom. The van der Waals surface area contributed by atoms with Crippen LogP contribution in [-0.2, 0) is 30.7 Å². The summed E-state index contributed by atoms with van der Waals surface area (Å²) in [5.74, 6) is 0. The Hall–Kier alpha value is -3.17. The molecule has 0 aliphatic carbocycles. The number of hydrogen-bond acceptors (Lipinski definition) is 4. The number of sulfonamides is 1. The van der Waals surface area contributed by atoms with E-state index in [9.17, 15) is 13.2 Å². The van der Waals surface area contributed by atoms with Gasteiger partial charge in [0.1, 0.15) is 0 Å². The van der Waals surface area contributed by atoms with E-state index in [0.29, 0.717) is 11.0 Å². The molecule has 0 atom stereocenters. The predicted octanol–water partition coefficient (Wildman–Crippen LogP) is 2.16. The maximum absolute atomic E-state index is 12.9. The Kier molecular flexibility index (Phi) is 4.87. The van der Waals surface area contributed by atoms with Crippen molar-refractivity contribution < 1.29 is 8.42 Å². The van der Waals surface area contributed by atoms with Crippen LogP contribution in [0.3, 0.4) is 0 Å². The first-order chi connectivity index (χ1) is 14.2. The molecule has 2 aromatic heterocycles. The van der Waals surface area contributed by atoms with E-state index in [2.05, 4.69) is 9.82 Å². The average molecular weight is 426 g/mol. The van der Waals surface area contributed by atoms with Crippen molar-refractivity contribution in [2.45, 2.75) is 25.3 Å². The Morgan fingerprint density at radius 1 is 0.967 bits per heavy atom. The first-order valence-electron chi connectivity index (χ1n) is 9.46. The first-order valence-corrected chi connectivity index (χ1v) is 10.9. The minimum Gasteiger partial charge on any atom is -0.295 e. The van der Waals surface area contributed by atoms with Gasteiger partial charge in [0.25, 0.3) is 0 Å². The van der Waals surface area contributed by atoms with Gasteiger partial charge in [-0.1, -0.05) is 18.2 Å². The number of imidazole rings is 1. The molecule has 8 nitrogen and oxygen atoms in total. The van der Waals surface area contributed by atoms with Crippen LogP contribution >= 0.6 is 0 Å². The molecule has 9 heteroatoms. The van der Waals surface area contributed by atoms with E-state index in [0.717, 1.165) is 22.6 Å². The number of rotatable bonds is 5. The Morgan fingerprint density at radius 2 is 1.63 bits per heavy atom. The summed E-state index contributed by atoms with van der Waals surface area (Å²) in [7, 11) is -0.487. The fraction of sp³-hybridized carbons (Fsp3) is 0.238. The smallest absolute Gasteiger partial charge is 0.295 e. The molecule has 156 valence electrons. The van der Waals surface area contributed by atoms with Gasteiger partial charge in [-0.3, -0.25) is 9.13 Å². The SMILES string of the molecule is Cc1nn(-c2ccccc2)c(C)c1CNS(=O)(=O)c1ccc2c(c1)n(C)c(=O)n2C. The molecule has 2 heterocycles. The summed E-state index contributed by atoms with van der Waals surface area (Å²) in [6, 6.07) is 14.4.